The van der Waals surface area contributed by atoms with Crippen LogP contribution in [0.5, 0.6) is 0 Å². The van der Waals surface area contributed by atoms with Crippen LogP contribution in [0.3, 0.4) is 0 Å². The molecule has 0 N–H and O–H groups in total. The van der Waals surface area contributed by atoms with Gasteiger partial charge in [0.25, 0.3) is 0 Å². The van der Waals surface area contributed by atoms with Crippen molar-refractivity contribution in [3.63, 3.8) is 0 Å². The van der Waals surface area contributed by atoms with Gasteiger partial charge in [0.05, 0.1) is 11.4 Å². The highest BCUT2D eigenvalue weighted by molar-refractivity contribution is 6.13. The van der Waals surface area contributed by atoms with Gasteiger partial charge in [-0.25, -0.2) is 0 Å². The van der Waals surface area contributed by atoms with Crippen LogP contribution in [0.15, 0.2) is 243 Å². The molecule has 0 amide bonds. The summed E-state index contributed by atoms with van der Waals surface area (Å²) in [6.07, 6.45) is 1.75. The second-order valence-corrected chi connectivity index (χ2v) is 12.9. The van der Waals surface area contributed by atoms with Crippen molar-refractivity contribution in [3.8, 4) is 11.1 Å². The molecule has 2 heteroatoms. The number of hydrogen-bond acceptors (Lipinski definition) is 2. The quantitative estimate of drug-likeness (QED) is 0.152. The van der Waals surface area contributed by atoms with Crippen LogP contribution >= 0.6 is 0 Å². The molecule has 9 aromatic rings. The minimum Gasteiger partial charge on any atom is -0.310 e. The van der Waals surface area contributed by atoms with Crippen LogP contribution in [0.2, 0.25) is 0 Å². The van der Waals surface area contributed by atoms with Crippen LogP contribution in [-0.2, 0) is 0 Å². The van der Waals surface area contributed by atoms with Crippen molar-refractivity contribution in [2.24, 2.45) is 0 Å². The first kappa shape index (κ1) is 36.2. The lowest BCUT2D eigenvalue weighted by Gasteiger charge is -2.28. The molecule has 0 atom stereocenters. The summed E-state index contributed by atoms with van der Waals surface area (Å²) in [5.41, 5.74) is 9.25. The summed E-state index contributed by atoms with van der Waals surface area (Å²) in [4.78, 5) is 4.70. The molecule has 2 nitrogen and oxygen atoms in total. The maximum atomic E-state index is 3.36. The van der Waals surface area contributed by atoms with Crippen molar-refractivity contribution in [2.75, 3.05) is 9.80 Å². The highest BCUT2D eigenvalue weighted by atomic mass is 15.1. The lowest BCUT2D eigenvalue weighted by Crippen LogP contribution is -2.10. The van der Waals surface area contributed by atoms with Gasteiger partial charge in [0, 0.05) is 33.5 Å². The van der Waals surface area contributed by atoms with Crippen molar-refractivity contribution >= 4 is 55.7 Å². The first-order chi connectivity index (χ1) is 27.3. The summed E-state index contributed by atoms with van der Waals surface area (Å²) in [5, 5.41) is 4.85. The number of allylic oxidation sites excluding steroid dienone is 1. The number of rotatable bonds is 7. The van der Waals surface area contributed by atoms with E-state index in [1.807, 2.05) is 43.3 Å². The Morgan fingerprint density at radius 2 is 0.509 bits per heavy atom. The summed E-state index contributed by atoms with van der Waals surface area (Å²) in [6, 6.07) is 81.2. The van der Waals surface area contributed by atoms with Gasteiger partial charge in [0.15, 0.2) is 0 Å². The highest BCUT2D eigenvalue weighted by Gasteiger charge is 2.20. The number of fused-ring (bicyclic) bond motifs is 2. The van der Waals surface area contributed by atoms with E-state index < -0.39 is 0 Å². The van der Waals surface area contributed by atoms with E-state index in [0.717, 1.165) is 34.1 Å². The van der Waals surface area contributed by atoms with E-state index in [1.165, 1.54) is 32.7 Å². The summed E-state index contributed by atoms with van der Waals surface area (Å²) in [7, 11) is 0. The smallest absolute Gasteiger partial charge is 0.0540 e. The van der Waals surface area contributed by atoms with E-state index in [-0.39, 0.29) is 0 Å². The number of benzene rings is 9. The molecule has 0 aliphatic carbocycles. The Bertz CT molecular complexity index is 2280. The summed E-state index contributed by atoms with van der Waals surface area (Å²) in [5.74, 6) is 0. The molecular formula is C53H44N2. The zero-order valence-corrected chi connectivity index (χ0v) is 31.1. The molecule has 0 aromatic heterocycles. The Hall–Kier alpha value is -7.16. The van der Waals surface area contributed by atoms with Gasteiger partial charge in [0.1, 0.15) is 0 Å². The first-order valence-electron chi connectivity index (χ1n) is 18.7. The predicted molar refractivity (Wildman–Crippen MR) is 239 cm³/mol. The maximum absolute atomic E-state index is 3.36. The fourth-order valence-electron chi connectivity index (χ4n) is 6.97. The van der Waals surface area contributed by atoms with Crippen molar-refractivity contribution in [1.82, 2.24) is 0 Å². The Morgan fingerprint density at radius 3 is 0.782 bits per heavy atom. The first-order valence-corrected chi connectivity index (χ1v) is 18.7. The third kappa shape index (κ3) is 8.25. The number of nitrogens with zero attached hydrogens (tertiary/aromatic N) is 2. The molecule has 0 heterocycles. The molecule has 0 saturated carbocycles. The minimum absolute atomic E-state index is 1.13. The molecule has 0 radical (unpaired) electrons. The minimum atomic E-state index is 1.13. The molecule has 9 rings (SSSR count). The molecule has 55 heavy (non-hydrogen) atoms. The van der Waals surface area contributed by atoms with Gasteiger partial charge < -0.3 is 9.80 Å². The fourth-order valence-corrected chi connectivity index (χ4v) is 6.97. The van der Waals surface area contributed by atoms with E-state index in [2.05, 4.69) is 211 Å². The molecule has 0 fully saturated rings. The zero-order chi connectivity index (χ0) is 37.7. The second kappa shape index (κ2) is 18.1. The average molecular weight is 709 g/mol. The summed E-state index contributed by atoms with van der Waals surface area (Å²) < 4.78 is 0. The number of anilines is 6. The van der Waals surface area contributed by atoms with E-state index in [0.29, 0.717) is 0 Å². The van der Waals surface area contributed by atoms with Gasteiger partial charge in [-0.15, -0.1) is 6.58 Å². The van der Waals surface area contributed by atoms with Crippen LogP contribution < -0.4 is 9.80 Å². The lowest BCUT2D eigenvalue weighted by atomic mass is 9.92. The zero-order valence-electron chi connectivity index (χ0n) is 31.1. The Morgan fingerprint density at radius 1 is 0.291 bits per heavy atom. The third-order valence-electron chi connectivity index (χ3n) is 9.30. The largest absolute Gasteiger partial charge is 0.310 e. The topological polar surface area (TPSA) is 6.48 Å². The van der Waals surface area contributed by atoms with Crippen molar-refractivity contribution in [2.45, 2.75) is 6.92 Å². The Kier molecular flexibility index (Phi) is 11.9. The van der Waals surface area contributed by atoms with E-state index in [1.54, 1.807) is 6.08 Å². The lowest BCUT2D eigenvalue weighted by molar-refractivity contribution is 1.30. The van der Waals surface area contributed by atoms with Gasteiger partial charge in [-0.3, -0.25) is 0 Å². The van der Waals surface area contributed by atoms with Gasteiger partial charge in [-0.1, -0.05) is 176 Å². The van der Waals surface area contributed by atoms with Crippen LogP contribution in [-0.4, -0.2) is 0 Å². The van der Waals surface area contributed by atoms with Gasteiger partial charge in [-0.05, 0) is 89.5 Å². The van der Waals surface area contributed by atoms with Crippen LogP contribution in [0.25, 0.3) is 32.7 Å². The number of para-hydroxylation sites is 4. The highest BCUT2D eigenvalue weighted by Crippen LogP contribution is 2.45. The van der Waals surface area contributed by atoms with Gasteiger partial charge >= 0.3 is 0 Å². The Labute approximate surface area is 325 Å². The fraction of sp³-hybridized carbons (Fsp3) is 0.0189. The third-order valence-corrected chi connectivity index (χ3v) is 9.30. The van der Waals surface area contributed by atoms with Gasteiger partial charge in [0.2, 0.25) is 0 Å². The normalized spacial score (nSPS) is 10.3. The molecule has 0 unspecified atom stereocenters. The predicted octanol–water partition coefficient (Wildman–Crippen LogP) is 15.5. The van der Waals surface area contributed by atoms with Crippen LogP contribution in [0.1, 0.15) is 6.92 Å². The number of hydrogen-bond donors (Lipinski definition) is 0. The molecule has 0 aliphatic heterocycles. The average Bonchev–Trinajstić information content (AvgIpc) is 3.27. The molecule has 0 spiro atoms. The molecular weight excluding hydrogens is 665 g/mol. The van der Waals surface area contributed by atoms with Crippen molar-refractivity contribution < 1.29 is 0 Å². The monoisotopic (exact) mass is 708 g/mol. The van der Waals surface area contributed by atoms with Gasteiger partial charge in [-0.2, -0.15) is 0 Å². The van der Waals surface area contributed by atoms with E-state index in [4.69, 9.17) is 0 Å². The van der Waals surface area contributed by atoms with Crippen molar-refractivity contribution in [3.05, 3.63) is 243 Å². The Balaban J connectivity index is 0.000000461. The van der Waals surface area contributed by atoms with Crippen LogP contribution in [0, 0.1) is 0 Å². The van der Waals surface area contributed by atoms with E-state index >= 15 is 0 Å². The van der Waals surface area contributed by atoms with Crippen LogP contribution in [0.4, 0.5) is 34.1 Å². The summed E-state index contributed by atoms with van der Waals surface area (Å²) in [6.45, 7) is 5.25. The SMILES string of the molecule is C=CC.c1ccc(N(c2ccccc2)c2ccc(-c3ccc(N(c4ccccc4)c4ccccc4)c4ccccc34)c3ccccc23)cc1.c1ccccc1. The maximum Gasteiger partial charge on any atom is 0.0540 e. The standard InChI is InChI=1S/C44H32N2.C6H6.C3H6/c1-5-17-33(18-6-1)45(34-19-7-2-8-20-34)43-31-29-39(37-25-13-15-27-41(37)43)40-30-32-44(42-28-16-14-26-38(40)42)46(35-21-9-3-10-22-35)36-23-11-4-12-24-36;1-2-4-6-5-3-1;1-3-2/h1-32H;1-6H;3H,1H2,2H3. The second-order valence-electron chi connectivity index (χ2n) is 12.9. The van der Waals surface area contributed by atoms with E-state index in [9.17, 15) is 0 Å². The molecule has 9 aromatic carbocycles. The molecule has 0 bridgehead atoms. The summed E-state index contributed by atoms with van der Waals surface area (Å²) >= 11 is 0. The molecule has 266 valence electrons. The van der Waals surface area contributed by atoms with Crippen molar-refractivity contribution in [1.29, 1.82) is 0 Å². The molecule has 0 aliphatic rings. The molecule has 0 saturated heterocycles.